The monoisotopic (exact) mass is 238 g/mol. The van der Waals surface area contributed by atoms with Gasteiger partial charge in [0.2, 0.25) is 0 Å². The van der Waals surface area contributed by atoms with E-state index < -0.39 is 0 Å². The van der Waals surface area contributed by atoms with E-state index in [-0.39, 0.29) is 12.6 Å². The molecule has 0 saturated carbocycles. The largest absolute Gasteiger partial charge is 0.396 e. The van der Waals surface area contributed by atoms with Crippen LogP contribution in [-0.2, 0) is 6.42 Å². The third kappa shape index (κ3) is 3.56. The van der Waals surface area contributed by atoms with E-state index in [1.54, 1.807) is 0 Å². The van der Waals surface area contributed by atoms with Gasteiger partial charge in [-0.25, -0.2) is 9.97 Å². The second-order valence-electron chi connectivity index (χ2n) is 4.45. The zero-order chi connectivity index (χ0) is 12.8. The summed E-state index contributed by atoms with van der Waals surface area (Å²) in [5, 5.41) is 12.4. The number of aromatic nitrogens is 2. The first-order valence-electron chi connectivity index (χ1n) is 6.06. The first-order valence-corrected chi connectivity index (χ1v) is 6.06. The fourth-order valence-electron chi connectivity index (χ4n) is 1.79. The summed E-state index contributed by atoms with van der Waals surface area (Å²) in [6.07, 6.45) is 2.96. The van der Waals surface area contributed by atoms with Crippen LogP contribution in [0.4, 0.5) is 11.6 Å². The molecule has 1 aromatic rings. The van der Waals surface area contributed by atoms with E-state index in [2.05, 4.69) is 29.1 Å². The van der Waals surface area contributed by atoms with E-state index in [1.807, 2.05) is 6.92 Å². The molecule has 0 spiro atoms. The van der Waals surface area contributed by atoms with Crippen LogP contribution in [0.2, 0.25) is 0 Å². The first-order chi connectivity index (χ1) is 8.10. The van der Waals surface area contributed by atoms with Gasteiger partial charge in [-0.05, 0) is 18.8 Å². The molecular formula is C12H22N4O. The number of hydrogen-bond donors (Lipinski definition) is 3. The van der Waals surface area contributed by atoms with Gasteiger partial charge in [0.1, 0.15) is 18.0 Å². The molecule has 0 aliphatic carbocycles. The first kappa shape index (κ1) is 13.7. The average molecular weight is 238 g/mol. The van der Waals surface area contributed by atoms with Crippen LogP contribution in [0.3, 0.4) is 0 Å². The molecule has 1 atom stereocenters. The van der Waals surface area contributed by atoms with Crippen molar-refractivity contribution in [2.45, 2.75) is 39.7 Å². The normalized spacial score (nSPS) is 12.8. The Hall–Kier alpha value is -1.36. The van der Waals surface area contributed by atoms with Gasteiger partial charge >= 0.3 is 0 Å². The Morgan fingerprint density at radius 3 is 2.65 bits per heavy atom. The van der Waals surface area contributed by atoms with Crippen molar-refractivity contribution in [1.82, 2.24) is 9.97 Å². The van der Waals surface area contributed by atoms with Crippen molar-refractivity contribution in [3.05, 3.63) is 11.9 Å². The van der Waals surface area contributed by atoms with Crippen LogP contribution in [0.1, 0.15) is 32.8 Å². The van der Waals surface area contributed by atoms with Gasteiger partial charge in [-0.1, -0.05) is 20.8 Å². The number of nitrogens with zero attached hydrogens (tertiary/aromatic N) is 2. The van der Waals surface area contributed by atoms with Gasteiger partial charge in [0, 0.05) is 18.2 Å². The van der Waals surface area contributed by atoms with Gasteiger partial charge in [-0.2, -0.15) is 0 Å². The van der Waals surface area contributed by atoms with Crippen LogP contribution in [0.25, 0.3) is 0 Å². The zero-order valence-corrected chi connectivity index (χ0v) is 10.8. The lowest BCUT2D eigenvalue weighted by atomic mass is 10.0. The summed E-state index contributed by atoms with van der Waals surface area (Å²) in [5.41, 5.74) is 6.76. The SMILES string of the molecule is CCc1c(N)ncnc1NC(CCO)C(C)C. The lowest BCUT2D eigenvalue weighted by Gasteiger charge is -2.23. The molecule has 5 nitrogen and oxygen atoms in total. The lowest BCUT2D eigenvalue weighted by Crippen LogP contribution is -2.28. The predicted octanol–water partition coefficient (Wildman–Crippen LogP) is 1.44. The third-order valence-electron chi connectivity index (χ3n) is 2.90. The zero-order valence-electron chi connectivity index (χ0n) is 10.8. The van der Waals surface area contributed by atoms with Crippen molar-refractivity contribution >= 4 is 11.6 Å². The highest BCUT2D eigenvalue weighted by Gasteiger charge is 2.15. The summed E-state index contributed by atoms with van der Waals surface area (Å²) in [6, 6.07) is 0.194. The quantitative estimate of drug-likeness (QED) is 0.698. The maximum absolute atomic E-state index is 9.05. The minimum absolute atomic E-state index is 0.165. The molecule has 5 heteroatoms. The Labute approximate surface area is 102 Å². The topological polar surface area (TPSA) is 84.1 Å². The number of anilines is 2. The molecule has 1 aromatic heterocycles. The van der Waals surface area contributed by atoms with Crippen LogP contribution < -0.4 is 11.1 Å². The van der Waals surface area contributed by atoms with E-state index in [0.717, 1.165) is 17.8 Å². The molecule has 0 aliphatic rings. The predicted molar refractivity (Wildman–Crippen MR) is 69.8 cm³/mol. The van der Waals surface area contributed by atoms with Gasteiger partial charge in [0.15, 0.2) is 0 Å². The Morgan fingerprint density at radius 2 is 2.12 bits per heavy atom. The molecule has 0 fully saturated rings. The summed E-state index contributed by atoms with van der Waals surface area (Å²) in [4.78, 5) is 8.22. The Kier molecular flexibility index (Phi) is 5.15. The average Bonchev–Trinajstić information content (AvgIpc) is 2.28. The summed E-state index contributed by atoms with van der Waals surface area (Å²) in [5.74, 6) is 1.73. The van der Waals surface area contributed by atoms with Crippen LogP contribution in [0.15, 0.2) is 6.33 Å². The highest BCUT2D eigenvalue weighted by atomic mass is 16.3. The van der Waals surface area contributed by atoms with Crippen LogP contribution in [-0.4, -0.2) is 27.7 Å². The molecule has 4 N–H and O–H groups in total. The second-order valence-corrected chi connectivity index (χ2v) is 4.45. The van der Waals surface area contributed by atoms with Gasteiger partial charge in [0.05, 0.1) is 0 Å². The van der Waals surface area contributed by atoms with Crippen molar-refractivity contribution < 1.29 is 5.11 Å². The van der Waals surface area contributed by atoms with Crippen molar-refractivity contribution in [1.29, 1.82) is 0 Å². The van der Waals surface area contributed by atoms with E-state index in [1.165, 1.54) is 6.33 Å². The molecule has 17 heavy (non-hydrogen) atoms. The van der Waals surface area contributed by atoms with Crippen molar-refractivity contribution in [2.24, 2.45) is 5.92 Å². The Balaban J connectivity index is 2.88. The van der Waals surface area contributed by atoms with Crippen LogP contribution in [0, 0.1) is 5.92 Å². The summed E-state index contributed by atoms with van der Waals surface area (Å²) in [6.45, 7) is 6.42. The lowest BCUT2D eigenvalue weighted by molar-refractivity contribution is 0.267. The van der Waals surface area contributed by atoms with Crippen molar-refractivity contribution in [3.8, 4) is 0 Å². The molecule has 0 bridgehead atoms. The van der Waals surface area contributed by atoms with Gasteiger partial charge < -0.3 is 16.2 Å². The number of nitrogens with one attached hydrogen (secondary N) is 1. The molecule has 0 saturated heterocycles. The van der Waals surface area contributed by atoms with E-state index in [0.29, 0.717) is 18.2 Å². The highest BCUT2D eigenvalue weighted by Crippen LogP contribution is 2.20. The number of aliphatic hydroxyl groups is 1. The van der Waals surface area contributed by atoms with Gasteiger partial charge in [-0.3, -0.25) is 0 Å². The van der Waals surface area contributed by atoms with Crippen molar-refractivity contribution in [3.63, 3.8) is 0 Å². The van der Waals surface area contributed by atoms with E-state index >= 15 is 0 Å². The molecule has 0 radical (unpaired) electrons. The number of nitrogen functional groups attached to an aromatic ring is 1. The standard InChI is InChI=1S/C12H22N4O/c1-4-9-11(13)14-7-15-12(9)16-10(5-6-17)8(2)3/h7-8,10,17H,4-6H2,1-3H3,(H3,13,14,15,16). The number of aliphatic hydroxyl groups excluding tert-OH is 1. The smallest absolute Gasteiger partial charge is 0.134 e. The second kappa shape index (κ2) is 6.39. The Bertz CT molecular complexity index is 354. The summed E-state index contributed by atoms with van der Waals surface area (Å²) < 4.78 is 0. The summed E-state index contributed by atoms with van der Waals surface area (Å²) >= 11 is 0. The van der Waals surface area contributed by atoms with Gasteiger partial charge in [0.25, 0.3) is 0 Å². The van der Waals surface area contributed by atoms with Crippen LogP contribution >= 0.6 is 0 Å². The fourth-order valence-corrected chi connectivity index (χ4v) is 1.79. The molecule has 96 valence electrons. The molecule has 1 rings (SSSR count). The third-order valence-corrected chi connectivity index (χ3v) is 2.90. The molecule has 0 amide bonds. The summed E-state index contributed by atoms with van der Waals surface area (Å²) in [7, 11) is 0. The molecule has 0 aromatic carbocycles. The van der Waals surface area contributed by atoms with E-state index in [9.17, 15) is 0 Å². The molecule has 1 unspecified atom stereocenters. The molecule has 0 aliphatic heterocycles. The highest BCUT2D eigenvalue weighted by molar-refractivity contribution is 5.55. The number of hydrogen-bond acceptors (Lipinski definition) is 5. The number of nitrogens with two attached hydrogens (primary N) is 1. The van der Waals surface area contributed by atoms with Crippen LogP contribution in [0.5, 0.6) is 0 Å². The molecular weight excluding hydrogens is 216 g/mol. The Morgan fingerprint density at radius 1 is 1.41 bits per heavy atom. The minimum Gasteiger partial charge on any atom is -0.396 e. The fraction of sp³-hybridized carbons (Fsp3) is 0.667. The number of rotatable bonds is 6. The van der Waals surface area contributed by atoms with E-state index in [4.69, 9.17) is 10.8 Å². The van der Waals surface area contributed by atoms with Crippen molar-refractivity contribution in [2.75, 3.05) is 17.7 Å². The molecule has 1 heterocycles. The van der Waals surface area contributed by atoms with Gasteiger partial charge in [-0.15, -0.1) is 0 Å². The minimum atomic E-state index is 0.165. The maximum atomic E-state index is 9.05. The maximum Gasteiger partial charge on any atom is 0.134 e.